The van der Waals surface area contributed by atoms with Gasteiger partial charge in [-0.25, -0.2) is 14.7 Å². The molecule has 3 atom stereocenters. The number of hydrogen-bond acceptors (Lipinski definition) is 13. The third-order valence-corrected chi connectivity index (χ3v) is 11.7. The van der Waals surface area contributed by atoms with E-state index in [0.29, 0.717) is 16.5 Å². The molecule has 53 heavy (non-hydrogen) atoms. The number of amides is 3. The molecule has 3 amide bonds. The molecule has 2 aliphatic rings. The molecule has 2 aliphatic heterocycles. The fraction of sp³-hybridized carbons (Fsp3) is 0.361. The number of thiophene rings is 1. The largest absolute Gasteiger partial charge is 0.448 e. The molecular weight excluding hydrogens is 739 g/mol. The summed E-state index contributed by atoms with van der Waals surface area (Å²) in [5, 5.41) is 18.9. The highest BCUT2D eigenvalue weighted by Gasteiger charge is 2.67. The zero-order valence-electron chi connectivity index (χ0n) is 29.7. The number of aromatic nitrogens is 4. The molecule has 14 nitrogen and oxygen atoms in total. The Labute approximate surface area is 318 Å². The minimum Gasteiger partial charge on any atom is -0.448 e. The number of ether oxygens (including phenoxy) is 3. The minimum absolute atomic E-state index is 0.0302. The van der Waals surface area contributed by atoms with Crippen LogP contribution in [0.4, 0.5) is 4.79 Å². The van der Waals surface area contributed by atoms with Gasteiger partial charge in [0.2, 0.25) is 11.1 Å². The van der Waals surface area contributed by atoms with Crippen LogP contribution in [0.3, 0.4) is 0 Å². The molecule has 4 aromatic rings. The first kappa shape index (κ1) is 38.0. The number of hydrogen-bond donors (Lipinski definition) is 3. The Hall–Kier alpha value is -4.71. The summed E-state index contributed by atoms with van der Waals surface area (Å²) in [5.41, 5.74) is -0.0869. The lowest BCUT2D eigenvalue weighted by Gasteiger charge is -2.56. The van der Waals surface area contributed by atoms with Gasteiger partial charge < -0.3 is 24.8 Å². The predicted octanol–water partition coefficient (Wildman–Crippen LogP) is 4.97. The van der Waals surface area contributed by atoms with E-state index in [4.69, 9.17) is 14.2 Å². The molecular formula is C36H39N7O7S3. The van der Waals surface area contributed by atoms with Gasteiger partial charge >= 0.3 is 12.1 Å². The number of carbonyl (C=O) groups excluding carboxylic acids is 4. The summed E-state index contributed by atoms with van der Waals surface area (Å²) >= 11 is 4.03. The van der Waals surface area contributed by atoms with Crippen LogP contribution in [0.5, 0.6) is 0 Å². The molecule has 0 spiro atoms. The molecule has 4 heterocycles. The average Bonchev–Trinajstić information content (AvgIpc) is 3.83. The summed E-state index contributed by atoms with van der Waals surface area (Å²) in [6, 6.07) is 22.4. The lowest BCUT2D eigenvalue weighted by Crippen LogP contribution is -2.80. The van der Waals surface area contributed by atoms with E-state index in [0.717, 1.165) is 20.9 Å². The zero-order chi connectivity index (χ0) is 37.8. The van der Waals surface area contributed by atoms with Crippen LogP contribution in [0.1, 0.15) is 54.7 Å². The van der Waals surface area contributed by atoms with E-state index in [9.17, 15) is 19.2 Å². The van der Waals surface area contributed by atoms with Gasteiger partial charge in [0.25, 0.3) is 11.6 Å². The third kappa shape index (κ3) is 8.59. The molecule has 0 aliphatic carbocycles. The molecule has 2 aromatic heterocycles. The van der Waals surface area contributed by atoms with Crippen molar-refractivity contribution < 1.29 is 33.4 Å². The average molecular weight is 778 g/mol. The molecule has 17 heteroatoms. The van der Waals surface area contributed by atoms with Gasteiger partial charge in [-0.1, -0.05) is 72.4 Å². The molecule has 0 radical (unpaired) electrons. The Morgan fingerprint density at radius 2 is 1.70 bits per heavy atom. The summed E-state index contributed by atoms with van der Waals surface area (Å²) < 4.78 is 17.4. The van der Waals surface area contributed by atoms with Crippen molar-refractivity contribution in [3.05, 3.63) is 105 Å². The molecule has 278 valence electrons. The SMILES string of the molecule is CO[C@@]1(NC(=O)Cc2ccc(CNC(=O)OC(C)(C)C)s2)C(=O)N2C(C(=O)OC(c3ccccc3)c3ccccc3)=C(C(C)Sc3nnn[nH]3)CS[C@H]21. The number of thioether (sulfide) groups is 2. The highest BCUT2D eigenvalue weighted by atomic mass is 32.2. The Morgan fingerprint density at radius 3 is 2.30 bits per heavy atom. The first-order valence-electron chi connectivity index (χ1n) is 16.7. The topological polar surface area (TPSA) is 178 Å². The molecule has 0 bridgehead atoms. The Morgan fingerprint density at radius 1 is 1.04 bits per heavy atom. The van der Waals surface area contributed by atoms with Crippen molar-refractivity contribution in [2.75, 3.05) is 12.9 Å². The smallest absolute Gasteiger partial charge is 0.407 e. The standard InChI is InChI=1S/C36H39N7O7S3/c1-21(52-33-39-41-42-40-33)26-20-51-32-36(48-5,38-27(44)18-24-16-17-25(53-24)19-37-34(47)50-35(2,3)4)31(46)43(32)28(26)30(45)49-29(22-12-8-6-9-13-22)23-14-10-7-11-15-23/h6-17,21,29,32H,18-20H2,1-5H3,(H,37,47)(H,38,44)(H,39,40,41,42)/t21?,32-,36-/m0/s1. The van der Waals surface area contributed by atoms with Crippen molar-refractivity contribution in [2.45, 2.75) is 73.9 Å². The number of carbonyl (C=O) groups is 4. The maximum Gasteiger partial charge on any atom is 0.407 e. The van der Waals surface area contributed by atoms with Crippen molar-refractivity contribution in [2.24, 2.45) is 0 Å². The number of aromatic amines is 1. The van der Waals surface area contributed by atoms with Crippen LogP contribution in [-0.2, 0) is 41.6 Å². The summed E-state index contributed by atoms with van der Waals surface area (Å²) in [4.78, 5) is 57.2. The number of nitrogens with zero attached hydrogens (tertiary/aromatic N) is 4. The molecule has 1 unspecified atom stereocenters. The Balaban J connectivity index is 1.22. The third-order valence-electron chi connectivity index (χ3n) is 8.29. The lowest BCUT2D eigenvalue weighted by molar-refractivity contribution is -0.193. The second-order valence-corrected chi connectivity index (χ2v) is 16.8. The van der Waals surface area contributed by atoms with E-state index in [1.807, 2.05) is 73.7 Å². The first-order chi connectivity index (χ1) is 25.4. The Bertz CT molecular complexity index is 1930. The molecule has 2 aromatic carbocycles. The van der Waals surface area contributed by atoms with Crippen LogP contribution in [0.15, 0.2) is 89.2 Å². The van der Waals surface area contributed by atoms with Crippen LogP contribution in [0.25, 0.3) is 0 Å². The quantitative estimate of drug-likeness (QED) is 0.0720. The van der Waals surface area contributed by atoms with Crippen molar-refractivity contribution in [1.82, 2.24) is 36.2 Å². The molecule has 3 N–H and O–H groups in total. The summed E-state index contributed by atoms with van der Waals surface area (Å²) in [7, 11) is 1.36. The van der Waals surface area contributed by atoms with Crippen LogP contribution in [-0.4, -0.2) is 84.2 Å². The molecule has 1 fully saturated rings. The van der Waals surface area contributed by atoms with Crippen LogP contribution in [0.2, 0.25) is 0 Å². The number of alkyl carbamates (subject to hydrolysis) is 1. The van der Waals surface area contributed by atoms with Gasteiger partial charge in [-0.05, 0) is 67.0 Å². The van der Waals surface area contributed by atoms with E-state index in [1.54, 1.807) is 26.8 Å². The number of benzene rings is 2. The van der Waals surface area contributed by atoms with Gasteiger partial charge in [0.15, 0.2) is 6.10 Å². The molecule has 0 saturated carbocycles. The number of rotatable bonds is 13. The number of esters is 1. The van der Waals surface area contributed by atoms with E-state index in [-0.39, 0.29) is 23.9 Å². The molecule has 1 saturated heterocycles. The van der Waals surface area contributed by atoms with Crippen molar-refractivity contribution in [3.8, 4) is 0 Å². The normalized spacial score (nSPS) is 18.9. The highest BCUT2D eigenvalue weighted by molar-refractivity contribution is 8.01. The van der Waals surface area contributed by atoms with Crippen LogP contribution >= 0.6 is 34.9 Å². The number of H-pyrrole nitrogens is 1. The maximum absolute atomic E-state index is 14.4. The number of methoxy groups -OCH3 is 1. The summed E-state index contributed by atoms with van der Waals surface area (Å²) in [6.07, 6.45) is -1.33. The number of β-lactam (4-membered cyclic amide) rings is 1. The predicted molar refractivity (Wildman–Crippen MR) is 199 cm³/mol. The van der Waals surface area contributed by atoms with Gasteiger partial charge in [0.1, 0.15) is 16.7 Å². The van der Waals surface area contributed by atoms with Crippen molar-refractivity contribution in [1.29, 1.82) is 0 Å². The second-order valence-electron chi connectivity index (χ2n) is 13.2. The monoisotopic (exact) mass is 777 g/mol. The summed E-state index contributed by atoms with van der Waals surface area (Å²) in [6.45, 7) is 7.49. The fourth-order valence-electron chi connectivity index (χ4n) is 5.88. The first-order valence-corrected chi connectivity index (χ1v) is 19.4. The van der Waals surface area contributed by atoms with E-state index >= 15 is 0 Å². The van der Waals surface area contributed by atoms with E-state index < -0.39 is 46.7 Å². The minimum atomic E-state index is -1.72. The Kier molecular flexibility index (Phi) is 11.6. The van der Waals surface area contributed by atoms with Gasteiger partial charge in [-0.2, -0.15) is 0 Å². The zero-order valence-corrected chi connectivity index (χ0v) is 32.1. The van der Waals surface area contributed by atoms with Crippen molar-refractivity contribution in [3.63, 3.8) is 0 Å². The lowest BCUT2D eigenvalue weighted by atomic mass is 9.96. The van der Waals surface area contributed by atoms with Gasteiger partial charge in [0.05, 0.1) is 13.0 Å². The van der Waals surface area contributed by atoms with E-state index in [2.05, 4.69) is 31.3 Å². The second kappa shape index (κ2) is 16.1. The number of nitrogens with one attached hydrogen (secondary N) is 3. The summed E-state index contributed by atoms with van der Waals surface area (Å²) in [5.74, 6) is -1.40. The van der Waals surface area contributed by atoms with Gasteiger partial charge in [-0.3, -0.25) is 14.5 Å². The van der Waals surface area contributed by atoms with E-state index in [1.165, 1.54) is 46.9 Å². The van der Waals surface area contributed by atoms with Gasteiger partial charge in [0, 0.05) is 27.9 Å². The number of fused-ring (bicyclic) bond motifs is 1. The molecule has 6 rings (SSSR count). The van der Waals surface area contributed by atoms with Gasteiger partial charge in [-0.15, -0.1) is 28.2 Å². The maximum atomic E-state index is 14.4. The van der Waals surface area contributed by atoms with Crippen molar-refractivity contribution >= 4 is 58.7 Å². The number of tetrazole rings is 1. The van der Waals surface area contributed by atoms with Crippen LogP contribution < -0.4 is 10.6 Å². The van der Waals surface area contributed by atoms with Crippen LogP contribution in [0, 0.1) is 0 Å². The highest BCUT2D eigenvalue weighted by Crippen LogP contribution is 2.49. The fourth-order valence-corrected chi connectivity index (χ4v) is 9.36.